The summed E-state index contributed by atoms with van der Waals surface area (Å²) in [7, 11) is 0. The molecular formula is C8H10N2O. The van der Waals surface area contributed by atoms with Crippen molar-refractivity contribution in [2.75, 3.05) is 0 Å². The molecule has 0 radical (unpaired) electrons. The monoisotopic (exact) mass is 150 g/mol. The second-order valence-corrected chi connectivity index (χ2v) is 2.25. The number of aromatic nitrogens is 1. The highest BCUT2D eigenvalue weighted by molar-refractivity contribution is 5.92. The third-order valence-corrected chi connectivity index (χ3v) is 1.46. The number of carbonyl (C=O) groups is 1. The summed E-state index contributed by atoms with van der Waals surface area (Å²) in [6, 6.07) is 3.32. The summed E-state index contributed by atoms with van der Waals surface area (Å²) < 4.78 is 0. The number of pyridine rings is 1. The van der Waals surface area contributed by atoms with Crippen LogP contribution in [0.15, 0.2) is 18.3 Å². The summed E-state index contributed by atoms with van der Waals surface area (Å²) in [6.07, 6.45) is 2.42. The number of nitrogens with zero attached hydrogens (tertiary/aromatic N) is 1. The molecule has 3 nitrogen and oxygen atoms in total. The van der Waals surface area contributed by atoms with Gasteiger partial charge in [-0.05, 0) is 18.6 Å². The van der Waals surface area contributed by atoms with E-state index in [1.807, 2.05) is 6.92 Å². The highest BCUT2D eigenvalue weighted by atomic mass is 16.1. The van der Waals surface area contributed by atoms with Crippen LogP contribution in [-0.4, -0.2) is 10.9 Å². The Bertz CT molecular complexity index is 271. The highest BCUT2D eigenvalue weighted by Crippen LogP contribution is 2.00. The number of amides is 1. The van der Waals surface area contributed by atoms with Crippen LogP contribution < -0.4 is 5.73 Å². The second-order valence-electron chi connectivity index (χ2n) is 2.25. The average Bonchev–Trinajstić information content (AvgIpc) is 2.05. The van der Waals surface area contributed by atoms with E-state index in [2.05, 4.69) is 4.98 Å². The van der Waals surface area contributed by atoms with Gasteiger partial charge in [0, 0.05) is 17.5 Å². The summed E-state index contributed by atoms with van der Waals surface area (Å²) in [5, 5.41) is 0. The Kier molecular flexibility index (Phi) is 2.21. The van der Waals surface area contributed by atoms with E-state index in [0.29, 0.717) is 5.56 Å². The first-order valence-corrected chi connectivity index (χ1v) is 3.48. The van der Waals surface area contributed by atoms with Crippen LogP contribution >= 0.6 is 0 Å². The maximum atomic E-state index is 10.7. The van der Waals surface area contributed by atoms with Crippen molar-refractivity contribution in [1.29, 1.82) is 0 Å². The third-order valence-electron chi connectivity index (χ3n) is 1.46. The molecule has 1 aromatic heterocycles. The van der Waals surface area contributed by atoms with E-state index in [4.69, 9.17) is 5.73 Å². The van der Waals surface area contributed by atoms with E-state index in [1.165, 1.54) is 0 Å². The number of primary amides is 1. The second kappa shape index (κ2) is 3.14. The van der Waals surface area contributed by atoms with Crippen LogP contribution in [0.5, 0.6) is 0 Å². The van der Waals surface area contributed by atoms with Crippen LogP contribution in [0.1, 0.15) is 23.0 Å². The summed E-state index contributed by atoms with van der Waals surface area (Å²) in [6.45, 7) is 1.98. The van der Waals surface area contributed by atoms with Crippen molar-refractivity contribution < 1.29 is 4.79 Å². The number of carbonyl (C=O) groups excluding carboxylic acids is 1. The largest absolute Gasteiger partial charge is 0.366 e. The topological polar surface area (TPSA) is 56.0 Å². The number of nitrogens with two attached hydrogens (primary N) is 1. The minimum atomic E-state index is -0.401. The molecule has 58 valence electrons. The fourth-order valence-corrected chi connectivity index (χ4v) is 0.825. The van der Waals surface area contributed by atoms with Crippen molar-refractivity contribution in [1.82, 2.24) is 4.98 Å². The van der Waals surface area contributed by atoms with Gasteiger partial charge in [-0.15, -0.1) is 0 Å². The zero-order valence-electron chi connectivity index (χ0n) is 6.37. The lowest BCUT2D eigenvalue weighted by atomic mass is 10.2. The van der Waals surface area contributed by atoms with E-state index in [-0.39, 0.29) is 0 Å². The van der Waals surface area contributed by atoms with E-state index in [9.17, 15) is 4.79 Å². The summed E-state index contributed by atoms with van der Waals surface area (Å²) >= 11 is 0. The molecule has 2 N–H and O–H groups in total. The van der Waals surface area contributed by atoms with Crippen molar-refractivity contribution in [2.45, 2.75) is 13.3 Å². The fourth-order valence-electron chi connectivity index (χ4n) is 0.825. The van der Waals surface area contributed by atoms with Crippen LogP contribution in [0, 0.1) is 0 Å². The minimum absolute atomic E-state index is 0.401. The maximum Gasteiger partial charge on any atom is 0.248 e. The van der Waals surface area contributed by atoms with Gasteiger partial charge in [0.25, 0.3) is 0 Å². The van der Waals surface area contributed by atoms with Crippen LogP contribution in [0.2, 0.25) is 0 Å². The number of aryl methyl sites for hydroxylation is 1. The van der Waals surface area contributed by atoms with Gasteiger partial charge < -0.3 is 5.73 Å². The van der Waals surface area contributed by atoms with Gasteiger partial charge in [0.15, 0.2) is 0 Å². The predicted octanol–water partition coefficient (Wildman–Crippen LogP) is 0.743. The average molecular weight is 150 g/mol. The van der Waals surface area contributed by atoms with Crippen LogP contribution in [-0.2, 0) is 6.42 Å². The van der Waals surface area contributed by atoms with Gasteiger partial charge in [-0.2, -0.15) is 0 Å². The van der Waals surface area contributed by atoms with Crippen molar-refractivity contribution in [3.63, 3.8) is 0 Å². The number of hydrogen-bond donors (Lipinski definition) is 1. The first-order chi connectivity index (χ1) is 5.24. The Labute approximate surface area is 65.2 Å². The molecular weight excluding hydrogens is 140 g/mol. The van der Waals surface area contributed by atoms with Gasteiger partial charge in [-0.3, -0.25) is 9.78 Å². The Balaban J connectivity index is 3.01. The van der Waals surface area contributed by atoms with Crippen molar-refractivity contribution in [3.8, 4) is 0 Å². The standard InChI is InChI=1S/C8H10N2O/c1-2-7-5-6(8(9)11)3-4-10-7/h3-5H,2H2,1H3,(H2,9,11). The summed E-state index contributed by atoms with van der Waals surface area (Å²) in [5.74, 6) is -0.401. The molecule has 1 amide bonds. The van der Waals surface area contributed by atoms with Gasteiger partial charge >= 0.3 is 0 Å². The van der Waals surface area contributed by atoms with Crippen molar-refractivity contribution in [3.05, 3.63) is 29.6 Å². The summed E-state index contributed by atoms with van der Waals surface area (Å²) in [4.78, 5) is 14.7. The van der Waals surface area contributed by atoms with Crippen LogP contribution in [0.4, 0.5) is 0 Å². The number of hydrogen-bond acceptors (Lipinski definition) is 2. The first-order valence-electron chi connectivity index (χ1n) is 3.48. The molecule has 0 aliphatic heterocycles. The molecule has 0 bridgehead atoms. The fraction of sp³-hybridized carbons (Fsp3) is 0.250. The third kappa shape index (κ3) is 1.77. The zero-order chi connectivity index (χ0) is 8.27. The molecule has 0 unspecified atom stereocenters. The molecule has 1 rings (SSSR count). The molecule has 3 heteroatoms. The van der Waals surface area contributed by atoms with Gasteiger partial charge in [-0.1, -0.05) is 6.92 Å². The Morgan fingerprint density at radius 1 is 1.73 bits per heavy atom. The normalized spacial score (nSPS) is 9.55. The van der Waals surface area contributed by atoms with Crippen molar-refractivity contribution in [2.24, 2.45) is 5.73 Å². The van der Waals surface area contributed by atoms with E-state index in [1.54, 1.807) is 18.3 Å². The molecule has 0 fully saturated rings. The first kappa shape index (κ1) is 7.72. The van der Waals surface area contributed by atoms with Crippen LogP contribution in [0.25, 0.3) is 0 Å². The zero-order valence-corrected chi connectivity index (χ0v) is 6.37. The van der Waals surface area contributed by atoms with E-state index < -0.39 is 5.91 Å². The smallest absolute Gasteiger partial charge is 0.248 e. The molecule has 0 aliphatic rings. The molecule has 1 aromatic rings. The molecule has 0 saturated heterocycles. The van der Waals surface area contributed by atoms with Crippen LogP contribution in [0.3, 0.4) is 0 Å². The predicted molar refractivity (Wildman–Crippen MR) is 42.1 cm³/mol. The van der Waals surface area contributed by atoms with E-state index >= 15 is 0 Å². The molecule has 0 atom stereocenters. The lowest BCUT2D eigenvalue weighted by Gasteiger charge is -1.96. The van der Waals surface area contributed by atoms with E-state index in [0.717, 1.165) is 12.1 Å². The minimum Gasteiger partial charge on any atom is -0.366 e. The molecule has 11 heavy (non-hydrogen) atoms. The number of rotatable bonds is 2. The molecule has 0 saturated carbocycles. The Morgan fingerprint density at radius 2 is 2.45 bits per heavy atom. The lowest BCUT2D eigenvalue weighted by Crippen LogP contribution is -2.11. The van der Waals surface area contributed by atoms with Gasteiger partial charge in [0.1, 0.15) is 0 Å². The van der Waals surface area contributed by atoms with Gasteiger partial charge in [0.05, 0.1) is 0 Å². The van der Waals surface area contributed by atoms with Gasteiger partial charge in [-0.25, -0.2) is 0 Å². The van der Waals surface area contributed by atoms with Crippen molar-refractivity contribution >= 4 is 5.91 Å². The highest BCUT2D eigenvalue weighted by Gasteiger charge is 1.99. The molecule has 0 spiro atoms. The maximum absolute atomic E-state index is 10.7. The Hall–Kier alpha value is -1.38. The van der Waals surface area contributed by atoms with Gasteiger partial charge in [0.2, 0.25) is 5.91 Å². The molecule has 1 heterocycles. The quantitative estimate of drug-likeness (QED) is 0.676. The summed E-state index contributed by atoms with van der Waals surface area (Å²) in [5.41, 5.74) is 6.49. The molecule has 0 aromatic carbocycles. The Morgan fingerprint density at radius 3 is 3.00 bits per heavy atom. The molecule has 0 aliphatic carbocycles. The lowest BCUT2D eigenvalue weighted by molar-refractivity contribution is 0.1000. The SMILES string of the molecule is CCc1cc(C(N)=O)ccn1.